The smallest absolute Gasteiger partial charge is 0.0540 e. The van der Waals surface area contributed by atoms with E-state index in [1.807, 2.05) is 0 Å². The van der Waals surface area contributed by atoms with Gasteiger partial charge in [-0.25, -0.2) is 0 Å². The van der Waals surface area contributed by atoms with E-state index in [0.717, 1.165) is 37.5 Å². The molecule has 1 N–H and O–H groups in total. The minimum absolute atomic E-state index is 0.112. The summed E-state index contributed by atoms with van der Waals surface area (Å²) in [4.78, 5) is 0. The van der Waals surface area contributed by atoms with Crippen molar-refractivity contribution in [2.75, 3.05) is 0 Å². The van der Waals surface area contributed by atoms with Crippen molar-refractivity contribution in [3.05, 3.63) is 35.4 Å². The summed E-state index contributed by atoms with van der Waals surface area (Å²) in [6, 6.07) is 9.37. The van der Waals surface area contributed by atoms with Crippen LogP contribution in [-0.4, -0.2) is 11.2 Å². The first-order chi connectivity index (χ1) is 13.6. The highest BCUT2D eigenvalue weighted by Gasteiger charge is 2.20. The maximum atomic E-state index is 10.1. The highest BCUT2D eigenvalue weighted by molar-refractivity contribution is 5.25. The molecule has 1 aliphatic carbocycles. The second-order valence-electron chi connectivity index (χ2n) is 9.58. The molecule has 1 aromatic rings. The summed E-state index contributed by atoms with van der Waals surface area (Å²) in [5.41, 5.74) is 2.94. The van der Waals surface area contributed by atoms with E-state index in [1.54, 1.807) is 0 Å². The van der Waals surface area contributed by atoms with Gasteiger partial charge in [-0.05, 0) is 61.0 Å². The lowest BCUT2D eigenvalue weighted by atomic mass is 9.78. The first-order valence-corrected chi connectivity index (χ1v) is 12.4. The van der Waals surface area contributed by atoms with Crippen LogP contribution < -0.4 is 0 Å². The summed E-state index contributed by atoms with van der Waals surface area (Å²) in [7, 11) is 0. The predicted molar refractivity (Wildman–Crippen MR) is 123 cm³/mol. The van der Waals surface area contributed by atoms with Crippen molar-refractivity contribution < 1.29 is 5.11 Å². The van der Waals surface area contributed by atoms with Gasteiger partial charge in [0, 0.05) is 0 Å². The Bertz CT molecular complexity index is 497. The van der Waals surface area contributed by atoms with E-state index in [2.05, 4.69) is 45.0 Å². The van der Waals surface area contributed by atoms with Crippen molar-refractivity contribution in [1.82, 2.24) is 0 Å². The first kappa shape index (κ1) is 23.5. The van der Waals surface area contributed by atoms with E-state index in [0.29, 0.717) is 5.92 Å². The fourth-order valence-corrected chi connectivity index (χ4v) is 4.88. The Morgan fingerprint density at radius 3 is 2.04 bits per heavy atom. The molecule has 0 bridgehead atoms. The van der Waals surface area contributed by atoms with Crippen molar-refractivity contribution in [2.24, 2.45) is 11.8 Å². The highest BCUT2D eigenvalue weighted by atomic mass is 16.3. The third kappa shape index (κ3) is 8.68. The molecule has 0 amide bonds. The van der Waals surface area contributed by atoms with Crippen LogP contribution in [0.2, 0.25) is 0 Å². The third-order valence-electron chi connectivity index (χ3n) is 7.15. The molecule has 0 aromatic heterocycles. The molecule has 1 aromatic carbocycles. The summed E-state index contributed by atoms with van der Waals surface area (Å²) in [6.45, 7) is 6.81. The molecule has 160 valence electrons. The fraction of sp³-hybridized carbons (Fsp3) is 0.778. The second-order valence-corrected chi connectivity index (χ2v) is 9.58. The molecule has 2 rings (SSSR count). The zero-order valence-corrected chi connectivity index (χ0v) is 19.0. The Morgan fingerprint density at radius 1 is 0.821 bits per heavy atom. The van der Waals surface area contributed by atoms with E-state index in [1.165, 1.54) is 75.3 Å². The minimum atomic E-state index is -0.112. The molecule has 1 saturated carbocycles. The first-order valence-electron chi connectivity index (χ1n) is 12.4. The molecule has 0 radical (unpaired) electrons. The molecule has 1 fully saturated rings. The zero-order chi connectivity index (χ0) is 20.2. The number of aryl methyl sites for hydroxylation is 1. The predicted octanol–water partition coefficient (Wildman–Crippen LogP) is 8.05. The van der Waals surface area contributed by atoms with Crippen LogP contribution in [0.1, 0.15) is 121 Å². The van der Waals surface area contributed by atoms with Gasteiger partial charge in [0.05, 0.1) is 6.10 Å². The average Bonchev–Trinajstić information content (AvgIpc) is 2.74. The Labute approximate surface area is 175 Å². The maximum absolute atomic E-state index is 10.1. The van der Waals surface area contributed by atoms with Crippen molar-refractivity contribution in [3.63, 3.8) is 0 Å². The van der Waals surface area contributed by atoms with Gasteiger partial charge < -0.3 is 5.11 Å². The Morgan fingerprint density at radius 2 is 1.43 bits per heavy atom. The van der Waals surface area contributed by atoms with Crippen molar-refractivity contribution in [1.29, 1.82) is 0 Å². The van der Waals surface area contributed by atoms with Crippen LogP contribution in [0.25, 0.3) is 0 Å². The van der Waals surface area contributed by atoms with E-state index in [-0.39, 0.29) is 6.10 Å². The molecule has 1 heteroatoms. The van der Waals surface area contributed by atoms with E-state index in [9.17, 15) is 5.11 Å². The van der Waals surface area contributed by atoms with Gasteiger partial charge in [-0.1, -0.05) is 103 Å². The summed E-state index contributed by atoms with van der Waals surface area (Å²) in [6.07, 6.45) is 17.9. The molecule has 1 nitrogen and oxygen atoms in total. The highest BCUT2D eigenvalue weighted by Crippen LogP contribution is 2.34. The van der Waals surface area contributed by atoms with Gasteiger partial charge in [0.1, 0.15) is 0 Å². The van der Waals surface area contributed by atoms with Gasteiger partial charge in [0.2, 0.25) is 0 Å². The number of hydrogen-bond acceptors (Lipinski definition) is 1. The summed E-state index contributed by atoms with van der Waals surface area (Å²) >= 11 is 0. The molecule has 0 aliphatic heterocycles. The average molecular weight is 387 g/mol. The molecular formula is C27H46O. The van der Waals surface area contributed by atoms with E-state index >= 15 is 0 Å². The quantitative estimate of drug-likeness (QED) is 0.363. The number of aliphatic hydroxyl groups excluding tert-OH is 1. The number of rotatable bonds is 13. The molecule has 0 heterocycles. The van der Waals surface area contributed by atoms with Gasteiger partial charge in [-0.3, -0.25) is 0 Å². The molecule has 28 heavy (non-hydrogen) atoms. The molecule has 2 atom stereocenters. The van der Waals surface area contributed by atoms with Crippen molar-refractivity contribution in [2.45, 2.75) is 123 Å². The van der Waals surface area contributed by atoms with Crippen LogP contribution in [0.15, 0.2) is 24.3 Å². The third-order valence-corrected chi connectivity index (χ3v) is 7.15. The van der Waals surface area contributed by atoms with Crippen LogP contribution in [0.4, 0.5) is 0 Å². The number of hydrogen-bond donors (Lipinski definition) is 1. The molecule has 0 spiro atoms. The van der Waals surface area contributed by atoms with Gasteiger partial charge in [0.25, 0.3) is 0 Å². The lowest BCUT2D eigenvalue weighted by molar-refractivity contribution is 0.147. The molecule has 2 unspecified atom stereocenters. The monoisotopic (exact) mass is 386 g/mol. The summed E-state index contributed by atoms with van der Waals surface area (Å²) in [5, 5.41) is 10.1. The maximum Gasteiger partial charge on any atom is 0.0540 e. The SMILES string of the molecule is CCCCC(O)CCC(C)c1ccc(CCC2CCC(CCCC)CC2)cc1. The Kier molecular flexibility index (Phi) is 11.2. The standard InChI is InChI=1S/C27H46O/c1-4-6-8-23-11-13-24(14-12-23)15-16-25-17-19-26(20-18-25)22(3)10-21-27(28)9-7-5-2/h17-20,22-24,27-28H,4-16,21H2,1-3H3. The van der Waals surface area contributed by atoms with Crippen LogP contribution in [0.5, 0.6) is 0 Å². The number of benzene rings is 1. The second kappa shape index (κ2) is 13.4. The summed E-state index contributed by atoms with van der Waals surface area (Å²) < 4.78 is 0. The minimum Gasteiger partial charge on any atom is -0.393 e. The fourth-order valence-electron chi connectivity index (χ4n) is 4.88. The van der Waals surface area contributed by atoms with Crippen molar-refractivity contribution in [3.8, 4) is 0 Å². The molecule has 1 aliphatic rings. The normalized spacial score (nSPS) is 22.1. The van der Waals surface area contributed by atoms with Gasteiger partial charge in [-0.15, -0.1) is 0 Å². The molecule has 0 saturated heterocycles. The van der Waals surface area contributed by atoms with Crippen LogP contribution >= 0.6 is 0 Å². The van der Waals surface area contributed by atoms with Crippen LogP contribution in [0.3, 0.4) is 0 Å². The largest absolute Gasteiger partial charge is 0.393 e. The Balaban J connectivity index is 1.67. The van der Waals surface area contributed by atoms with Crippen molar-refractivity contribution >= 4 is 0 Å². The topological polar surface area (TPSA) is 20.2 Å². The molecular weight excluding hydrogens is 340 g/mol. The van der Waals surface area contributed by atoms with Crippen LogP contribution in [0, 0.1) is 11.8 Å². The lowest BCUT2D eigenvalue weighted by Gasteiger charge is -2.28. The van der Waals surface area contributed by atoms with E-state index in [4.69, 9.17) is 0 Å². The zero-order valence-electron chi connectivity index (χ0n) is 19.0. The van der Waals surface area contributed by atoms with Gasteiger partial charge >= 0.3 is 0 Å². The number of unbranched alkanes of at least 4 members (excludes halogenated alkanes) is 2. The van der Waals surface area contributed by atoms with Gasteiger partial charge in [0.15, 0.2) is 0 Å². The van der Waals surface area contributed by atoms with Gasteiger partial charge in [-0.2, -0.15) is 0 Å². The number of aliphatic hydroxyl groups is 1. The lowest BCUT2D eigenvalue weighted by Crippen LogP contribution is -2.15. The Hall–Kier alpha value is -0.820. The summed E-state index contributed by atoms with van der Waals surface area (Å²) in [5.74, 6) is 2.53. The van der Waals surface area contributed by atoms with Crippen LogP contribution in [-0.2, 0) is 6.42 Å². The van der Waals surface area contributed by atoms with E-state index < -0.39 is 0 Å².